The van der Waals surface area contributed by atoms with Gasteiger partial charge in [0, 0.05) is 16.0 Å². The standard InChI is InChI=1S/C25H18BrNO4/c26-23-12-11-16(14-21(23)24(28)29)6-5-13-27-25(30)31-15-22-19-9-3-1-7-17(19)18-8-2-4-10-20(18)22/h1-4,7-12,14,22H,13,15H2,(H,27,30)(H,28,29). The quantitative estimate of drug-likeness (QED) is 0.518. The number of carboxylic acid groups (broad SMARTS) is 1. The van der Waals surface area contributed by atoms with E-state index in [1.54, 1.807) is 12.1 Å². The largest absolute Gasteiger partial charge is 0.478 e. The molecule has 1 amide bonds. The molecule has 154 valence electrons. The lowest BCUT2D eigenvalue weighted by Crippen LogP contribution is -2.26. The fourth-order valence-electron chi connectivity index (χ4n) is 3.68. The van der Waals surface area contributed by atoms with Crippen LogP contribution >= 0.6 is 15.9 Å². The van der Waals surface area contributed by atoms with Gasteiger partial charge < -0.3 is 15.2 Å². The van der Waals surface area contributed by atoms with Crippen molar-refractivity contribution in [2.75, 3.05) is 13.2 Å². The van der Waals surface area contributed by atoms with Gasteiger partial charge >= 0.3 is 12.1 Å². The van der Waals surface area contributed by atoms with E-state index in [9.17, 15) is 9.59 Å². The molecule has 0 fully saturated rings. The second kappa shape index (κ2) is 9.07. The molecule has 0 bridgehead atoms. The molecule has 0 saturated heterocycles. The van der Waals surface area contributed by atoms with Crippen LogP contribution in [0.5, 0.6) is 0 Å². The molecular weight excluding hydrogens is 458 g/mol. The lowest BCUT2D eigenvalue weighted by molar-refractivity contribution is 0.0695. The van der Waals surface area contributed by atoms with Gasteiger partial charge in [-0.05, 0) is 56.4 Å². The fourth-order valence-corrected chi connectivity index (χ4v) is 4.10. The summed E-state index contributed by atoms with van der Waals surface area (Å²) in [4.78, 5) is 23.3. The number of aromatic carboxylic acids is 1. The highest BCUT2D eigenvalue weighted by Crippen LogP contribution is 2.44. The second-order valence-electron chi connectivity index (χ2n) is 6.98. The van der Waals surface area contributed by atoms with Crippen LogP contribution in [0.4, 0.5) is 4.79 Å². The van der Waals surface area contributed by atoms with E-state index in [0.717, 1.165) is 11.1 Å². The molecular formula is C25H18BrNO4. The number of ether oxygens (including phenoxy) is 1. The zero-order valence-corrected chi connectivity index (χ0v) is 18.0. The van der Waals surface area contributed by atoms with Gasteiger partial charge in [-0.3, -0.25) is 0 Å². The Morgan fingerprint density at radius 1 is 1.00 bits per heavy atom. The molecule has 0 atom stereocenters. The third-order valence-electron chi connectivity index (χ3n) is 5.09. The summed E-state index contributed by atoms with van der Waals surface area (Å²) in [5.41, 5.74) is 5.34. The molecule has 3 aromatic rings. The normalized spacial score (nSPS) is 11.6. The summed E-state index contributed by atoms with van der Waals surface area (Å²) in [6.45, 7) is 0.330. The number of amides is 1. The van der Waals surface area contributed by atoms with E-state index in [1.165, 1.54) is 17.2 Å². The molecule has 1 aliphatic carbocycles. The summed E-state index contributed by atoms with van der Waals surface area (Å²) in [5.74, 6) is 4.61. The van der Waals surface area contributed by atoms with Crippen LogP contribution in [-0.2, 0) is 4.74 Å². The van der Waals surface area contributed by atoms with Crippen molar-refractivity contribution in [3.8, 4) is 23.0 Å². The Labute approximate surface area is 188 Å². The summed E-state index contributed by atoms with van der Waals surface area (Å²) in [6.07, 6.45) is -0.543. The van der Waals surface area contributed by atoms with Crippen LogP contribution in [0.15, 0.2) is 71.2 Å². The SMILES string of the molecule is O=C(NCC#Cc1ccc(Br)c(C(=O)O)c1)OCC1c2ccccc2-c2ccccc21. The van der Waals surface area contributed by atoms with Gasteiger partial charge in [0.15, 0.2) is 0 Å². The van der Waals surface area contributed by atoms with Crippen molar-refractivity contribution in [2.45, 2.75) is 5.92 Å². The third-order valence-corrected chi connectivity index (χ3v) is 5.79. The van der Waals surface area contributed by atoms with E-state index in [0.29, 0.717) is 10.0 Å². The molecule has 0 aromatic heterocycles. The first-order valence-electron chi connectivity index (χ1n) is 9.65. The van der Waals surface area contributed by atoms with Gasteiger partial charge in [0.05, 0.1) is 12.1 Å². The molecule has 0 radical (unpaired) electrons. The van der Waals surface area contributed by atoms with Crippen LogP contribution in [0.1, 0.15) is 33.0 Å². The van der Waals surface area contributed by atoms with E-state index in [2.05, 4.69) is 57.4 Å². The van der Waals surface area contributed by atoms with Crippen molar-refractivity contribution in [1.82, 2.24) is 5.32 Å². The van der Waals surface area contributed by atoms with Crippen LogP contribution in [0.3, 0.4) is 0 Å². The van der Waals surface area contributed by atoms with Crippen molar-refractivity contribution in [3.63, 3.8) is 0 Å². The van der Waals surface area contributed by atoms with Gasteiger partial charge in [-0.1, -0.05) is 60.4 Å². The van der Waals surface area contributed by atoms with Gasteiger partial charge in [0.2, 0.25) is 0 Å². The van der Waals surface area contributed by atoms with Crippen LogP contribution in [0.25, 0.3) is 11.1 Å². The number of fused-ring (bicyclic) bond motifs is 3. The van der Waals surface area contributed by atoms with Gasteiger partial charge in [-0.2, -0.15) is 0 Å². The monoisotopic (exact) mass is 475 g/mol. The Morgan fingerprint density at radius 2 is 1.65 bits per heavy atom. The molecule has 5 nitrogen and oxygen atoms in total. The minimum Gasteiger partial charge on any atom is -0.478 e. The number of carbonyl (C=O) groups is 2. The molecule has 0 heterocycles. The lowest BCUT2D eigenvalue weighted by Gasteiger charge is -2.14. The predicted octanol–water partition coefficient (Wildman–Crippen LogP) is 5.04. The van der Waals surface area contributed by atoms with Crippen molar-refractivity contribution >= 4 is 28.0 Å². The Kier molecular flexibility index (Phi) is 6.06. The van der Waals surface area contributed by atoms with Crippen LogP contribution < -0.4 is 5.32 Å². The van der Waals surface area contributed by atoms with Crippen molar-refractivity contribution < 1.29 is 19.4 Å². The first kappa shape index (κ1) is 20.7. The number of hydrogen-bond acceptors (Lipinski definition) is 3. The van der Waals surface area contributed by atoms with Crippen LogP contribution in [0, 0.1) is 11.8 Å². The number of rotatable bonds is 4. The Bertz CT molecular complexity index is 1180. The van der Waals surface area contributed by atoms with Gasteiger partial charge in [0.1, 0.15) is 6.61 Å². The second-order valence-corrected chi connectivity index (χ2v) is 7.83. The number of carbonyl (C=O) groups excluding carboxylic acids is 1. The lowest BCUT2D eigenvalue weighted by atomic mass is 9.98. The number of carboxylic acids is 1. The van der Waals surface area contributed by atoms with Crippen LogP contribution in [0.2, 0.25) is 0 Å². The molecule has 6 heteroatoms. The highest BCUT2D eigenvalue weighted by Gasteiger charge is 2.28. The Hall–Kier alpha value is -3.56. The maximum Gasteiger partial charge on any atom is 0.407 e. The van der Waals surface area contributed by atoms with Gasteiger partial charge in [-0.25, -0.2) is 9.59 Å². The highest BCUT2D eigenvalue weighted by molar-refractivity contribution is 9.10. The summed E-state index contributed by atoms with van der Waals surface area (Å²) in [5, 5.41) is 11.8. The van der Waals surface area contributed by atoms with E-state index >= 15 is 0 Å². The maximum absolute atomic E-state index is 12.1. The molecule has 0 aliphatic heterocycles. The summed E-state index contributed by atoms with van der Waals surface area (Å²) >= 11 is 3.19. The van der Waals surface area contributed by atoms with Crippen molar-refractivity contribution in [3.05, 3.63) is 93.5 Å². The number of nitrogens with one attached hydrogen (secondary N) is 1. The number of halogens is 1. The average molecular weight is 476 g/mol. The van der Waals surface area contributed by atoms with E-state index in [-0.39, 0.29) is 24.6 Å². The molecule has 3 aromatic carbocycles. The molecule has 0 spiro atoms. The molecule has 4 rings (SSSR count). The fraction of sp³-hybridized carbons (Fsp3) is 0.120. The molecule has 0 unspecified atom stereocenters. The number of hydrogen-bond donors (Lipinski definition) is 2. The minimum atomic E-state index is -1.03. The molecule has 0 saturated carbocycles. The Morgan fingerprint density at radius 3 is 2.29 bits per heavy atom. The first-order valence-corrected chi connectivity index (χ1v) is 10.4. The van der Waals surface area contributed by atoms with Crippen molar-refractivity contribution in [2.24, 2.45) is 0 Å². The minimum absolute atomic E-state index is 0.00133. The number of alkyl carbamates (subject to hydrolysis) is 1. The van der Waals surface area contributed by atoms with E-state index in [1.807, 2.05) is 24.3 Å². The average Bonchev–Trinajstić information content (AvgIpc) is 3.10. The van der Waals surface area contributed by atoms with E-state index in [4.69, 9.17) is 9.84 Å². The molecule has 2 N–H and O–H groups in total. The zero-order chi connectivity index (χ0) is 21.8. The maximum atomic E-state index is 12.1. The third kappa shape index (κ3) is 4.47. The zero-order valence-electron chi connectivity index (χ0n) is 16.4. The highest BCUT2D eigenvalue weighted by atomic mass is 79.9. The molecule has 31 heavy (non-hydrogen) atoms. The molecule has 1 aliphatic rings. The summed E-state index contributed by atoms with van der Waals surface area (Å²) in [7, 11) is 0. The summed E-state index contributed by atoms with van der Waals surface area (Å²) in [6, 6.07) is 21.1. The number of benzene rings is 3. The Balaban J connectivity index is 1.35. The smallest absolute Gasteiger partial charge is 0.407 e. The topological polar surface area (TPSA) is 75.6 Å². The van der Waals surface area contributed by atoms with Gasteiger partial charge in [0.25, 0.3) is 0 Å². The first-order chi connectivity index (χ1) is 15.0. The van der Waals surface area contributed by atoms with Crippen LogP contribution in [-0.4, -0.2) is 30.3 Å². The predicted molar refractivity (Wildman–Crippen MR) is 121 cm³/mol. The summed E-state index contributed by atoms with van der Waals surface area (Å²) < 4.78 is 5.94. The van der Waals surface area contributed by atoms with Crippen molar-refractivity contribution in [1.29, 1.82) is 0 Å². The van der Waals surface area contributed by atoms with E-state index < -0.39 is 12.1 Å². The van der Waals surface area contributed by atoms with Gasteiger partial charge in [-0.15, -0.1) is 0 Å².